The molecular formula is C23H28FN3O2. The quantitative estimate of drug-likeness (QED) is 0.716. The molecule has 0 saturated carbocycles. The van der Waals surface area contributed by atoms with Crippen molar-refractivity contribution in [2.75, 3.05) is 44.7 Å². The van der Waals surface area contributed by atoms with E-state index in [2.05, 4.69) is 14.4 Å². The minimum Gasteiger partial charge on any atom is -0.497 e. The number of β-amino-alcohol motifs (C(OH)–C–C–N with tert-alkyl or cyclic N) is 1. The van der Waals surface area contributed by atoms with E-state index in [1.54, 1.807) is 13.2 Å². The highest BCUT2D eigenvalue weighted by molar-refractivity contribution is 5.87. The van der Waals surface area contributed by atoms with Gasteiger partial charge < -0.3 is 19.3 Å². The second-order valence-corrected chi connectivity index (χ2v) is 7.70. The molecular weight excluding hydrogens is 369 g/mol. The van der Waals surface area contributed by atoms with Gasteiger partial charge in [0.05, 0.1) is 18.9 Å². The van der Waals surface area contributed by atoms with Crippen molar-refractivity contribution in [2.24, 2.45) is 7.05 Å². The maximum atomic E-state index is 14.1. The number of halogens is 1. The number of nitrogens with zero attached hydrogens (tertiary/aromatic N) is 3. The second kappa shape index (κ2) is 8.05. The van der Waals surface area contributed by atoms with Crippen LogP contribution in [0.1, 0.15) is 17.4 Å². The van der Waals surface area contributed by atoms with Crippen LogP contribution >= 0.6 is 0 Å². The van der Waals surface area contributed by atoms with Crippen molar-refractivity contribution >= 4 is 16.6 Å². The number of hydrogen-bond donors (Lipinski definition) is 1. The summed E-state index contributed by atoms with van der Waals surface area (Å²) in [6, 6.07) is 12.9. The van der Waals surface area contributed by atoms with E-state index >= 15 is 0 Å². The van der Waals surface area contributed by atoms with E-state index in [1.165, 1.54) is 6.07 Å². The van der Waals surface area contributed by atoms with Crippen molar-refractivity contribution in [3.05, 3.63) is 59.5 Å². The van der Waals surface area contributed by atoms with Gasteiger partial charge in [-0.1, -0.05) is 12.1 Å². The third kappa shape index (κ3) is 3.70. The normalized spacial score (nSPS) is 16.4. The molecule has 0 radical (unpaired) electrons. The fraction of sp³-hybridized carbons (Fsp3) is 0.391. The Morgan fingerprint density at radius 3 is 2.52 bits per heavy atom. The summed E-state index contributed by atoms with van der Waals surface area (Å²) in [5.41, 5.74) is 3.76. The van der Waals surface area contributed by atoms with Crippen molar-refractivity contribution in [1.82, 2.24) is 9.47 Å². The molecule has 5 nitrogen and oxygen atoms in total. The Morgan fingerprint density at radius 2 is 1.83 bits per heavy atom. The van der Waals surface area contributed by atoms with Gasteiger partial charge >= 0.3 is 0 Å². The SMILES string of the molecule is COc1ccc2c(c1)c([C@@H](O)CN1CCN(c3ccccc3F)CC1)c(C)n2C. The molecule has 29 heavy (non-hydrogen) atoms. The van der Waals surface area contributed by atoms with Crippen molar-refractivity contribution in [3.63, 3.8) is 0 Å². The lowest BCUT2D eigenvalue weighted by atomic mass is 10.0. The number of aliphatic hydroxyl groups is 1. The highest BCUT2D eigenvalue weighted by Crippen LogP contribution is 2.33. The van der Waals surface area contributed by atoms with Crippen LogP contribution in [0.15, 0.2) is 42.5 Å². The molecule has 1 N–H and O–H groups in total. The zero-order chi connectivity index (χ0) is 20.5. The molecule has 154 valence electrons. The summed E-state index contributed by atoms with van der Waals surface area (Å²) in [6.45, 7) is 5.67. The van der Waals surface area contributed by atoms with Gasteiger partial charge in [-0.25, -0.2) is 4.39 Å². The Morgan fingerprint density at radius 1 is 1.10 bits per heavy atom. The molecule has 3 aromatic rings. The first-order chi connectivity index (χ1) is 14.0. The van der Waals surface area contributed by atoms with Gasteiger partial charge in [0.25, 0.3) is 0 Å². The first-order valence-electron chi connectivity index (χ1n) is 10.0. The van der Waals surface area contributed by atoms with Crippen molar-refractivity contribution in [3.8, 4) is 5.75 Å². The number of rotatable bonds is 5. The fourth-order valence-corrected chi connectivity index (χ4v) is 4.34. The van der Waals surface area contributed by atoms with Crippen LogP contribution in [0.4, 0.5) is 10.1 Å². The van der Waals surface area contributed by atoms with Crippen LogP contribution in [-0.2, 0) is 7.05 Å². The average molecular weight is 397 g/mol. The number of benzene rings is 2. The van der Waals surface area contributed by atoms with Gasteiger partial charge in [0, 0.05) is 61.9 Å². The highest BCUT2D eigenvalue weighted by atomic mass is 19.1. The van der Waals surface area contributed by atoms with Crippen molar-refractivity contribution < 1.29 is 14.2 Å². The number of fused-ring (bicyclic) bond motifs is 1. The molecule has 1 atom stereocenters. The molecule has 1 saturated heterocycles. The number of hydrogen-bond acceptors (Lipinski definition) is 4. The summed E-state index contributed by atoms with van der Waals surface area (Å²) < 4.78 is 21.5. The molecule has 0 amide bonds. The van der Waals surface area contributed by atoms with Crippen LogP contribution in [0, 0.1) is 12.7 Å². The van der Waals surface area contributed by atoms with Gasteiger partial charge in [0.1, 0.15) is 11.6 Å². The van der Waals surface area contributed by atoms with Crippen LogP contribution in [0.25, 0.3) is 10.9 Å². The van der Waals surface area contributed by atoms with Crippen LogP contribution in [0.2, 0.25) is 0 Å². The van der Waals surface area contributed by atoms with Gasteiger partial charge in [0.2, 0.25) is 0 Å². The summed E-state index contributed by atoms with van der Waals surface area (Å²) in [7, 11) is 3.68. The zero-order valence-corrected chi connectivity index (χ0v) is 17.2. The average Bonchev–Trinajstić information content (AvgIpc) is 2.99. The standard InChI is InChI=1S/C23H28FN3O2/c1-16-23(18-14-17(29-3)8-9-20(18)25(16)2)22(28)15-26-10-12-27(13-11-26)21-7-5-4-6-19(21)24/h4-9,14,22,28H,10-13,15H2,1-3H3/t22-/m0/s1. The molecule has 0 unspecified atom stereocenters. The monoisotopic (exact) mass is 397 g/mol. The lowest BCUT2D eigenvalue weighted by Gasteiger charge is -2.37. The number of methoxy groups -OCH3 is 1. The van der Waals surface area contributed by atoms with Crippen LogP contribution < -0.4 is 9.64 Å². The Balaban J connectivity index is 1.49. The number of aliphatic hydroxyl groups excluding tert-OH is 1. The maximum absolute atomic E-state index is 14.1. The molecule has 4 rings (SSSR count). The Hall–Kier alpha value is -2.57. The second-order valence-electron chi connectivity index (χ2n) is 7.70. The molecule has 2 heterocycles. The molecule has 1 aliphatic rings. The van der Waals surface area contributed by atoms with Gasteiger partial charge in [-0.05, 0) is 37.3 Å². The largest absolute Gasteiger partial charge is 0.497 e. The third-order valence-electron chi connectivity index (χ3n) is 6.08. The minimum atomic E-state index is -0.592. The van der Waals surface area contributed by atoms with Crippen LogP contribution in [-0.4, -0.2) is 54.4 Å². The van der Waals surface area contributed by atoms with Gasteiger partial charge in [0.15, 0.2) is 0 Å². The van der Waals surface area contributed by atoms with E-state index in [1.807, 2.05) is 44.3 Å². The Kier molecular flexibility index (Phi) is 5.48. The topological polar surface area (TPSA) is 40.9 Å². The molecule has 2 aromatic carbocycles. The zero-order valence-electron chi connectivity index (χ0n) is 17.2. The Labute approximate surface area is 170 Å². The van der Waals surface area contributed by atoms with E-state index in [9.17, 15) is 9.50 Å². The highest BCUT2D eigenvalue weighted by Gasteiger charge is 2.25. The van der Waals surface area contributed by atoms with Gasteiger partial charge in [-0.2, -0.15) is 0 Å². The summed E-state index contributed by atoms with van der Waals surface area (Å²) in [5, 5.41) is 12.1. The minimum absolute atomic E-state index is 0.179. The van der Waals surface area contributed by atoms with Crippen molar-refractivity contribution in [2.45, 2.75) is 13.0 Å². The number of aromatic nitrogens is 1. The van der Waals surface area contributed by atoms with E-state index in [4.69, 9.17) is 4.74 Å². The molecule has 0 spiro atoms. The smallest absolute Gasteiger partial charge is 0.146 e. The summed E-state index contributed by atoms with van der Waals surface area (Å²) in [5.74, 6) is 0.608. The first-order valence-corrected chi connectivity index (χ1v) is 10.0. The van der Waals surface area contributed by atoms with Gasteiger partial charge in [-0.3, -0.25) is 4.90 Å². The van der Waals surface area contributed by atoms with Gasteiger partial charge in [-0.15, -0.1) is 0 Å². The predicted molar refractivity (Wildman–Crippen MR) is 114 cm³/mol. The lowest BCUT2D eigenvalue weighted by Crippen LogP contribution is -2.47. The number of para-hydroxylation sites is 1. The van der Waals surface area contributed by atoms with E-state index < -0.39 is 6.10 Å². The maximum Gasteiger partial charge on any atom is 0.146 e. The third-order valence-corrected chi connectivity index (χ3v) is 6.08. The number of aryl methyl sites for hydroxylation is 1. The molecule has 0 aliphatic carbocycles. The predicted octanol–water partition coefficient (Wildman–Crippen LogP) is 3.49. The Bertz CT molecular complexity index is 1010. The molecule has 0 bridgehead atoms. The summed E-state index contributed by atoms with van der Waals surface area (Å²) in [6.07, 6.45) is -0.592. The fourth-order valence-electron chi connectivity index (χ4n) is 4.34. The summed E-state index contributed by atoms with van der Waals surface area (Å²) in [4.78, 5) is 4.33. The number of piperazine rings is 1. The van der Waals surface area contributed by atoms with E-state index in [0.717, 1.165) is 54.1 Å². The van der Waals surface area contributed by atoms with Crippen LogP contribution in [0.5, 0.6) is 5.75 Å². The number of ether oxygens (including phenoxy) is 1. The van der Waals surface area contributed by atoms with Crippen molar-refractivity contribution in [1.29, 1.82) is 0 Å². The molecule has 1 aliphatic heterocycles. The first kappa shape index (κ1) is 19.7. The summed E-state index contributed by atoms with van der Waals surface area (Å²) >= 11 is 0. The molecule has 1 aromatic heterocycles. The van der Waals surface area contributed by atoms with E-state index in [-0.39, 0.29) is 5.82 Å². The van der Waals surface area contributed by atoms with Crippen LogP contribution in [0.3, 0.4) is 0 Å². The van der Waals surface area contributed by atoms with E-state index in [0.29, 0.717) is 12.2 Å². The number of anilines is 1. The lowest BCUT2D eigenvalue weighted by molar-refractivity contribution is 0.110. The molecule has 6 heteroatoms. The molecule has 1 fully saturated rings.